The van der Waals surface area contributed by atoms with Crippen molar-refractivity contribution in [3.05, 3.63) is 35.9 Å². The van der Waals surface area contributed by atoms with Gasteiger partial charge in [0.05, 0.1) is 0 Å². The molecule has 1 aromatic carbocycles. The van der Waals surface area contributed by atoms with Crippen LogP contribution in [-0.2, 0) is 14.3 Å². The molecule has 1 fully saturated rings. The number of nitrogens with zero attached hydrogens (tertiary/aromatic N) is 1. The molecule has 5 nitrogen and oxygen atoms in total. The van der Waals surface area contributed by atoms with Crippen LogP contribution >= 0.6 is 0 Å². The van der Waals surface area contributed by atoms with E-state index >= 15 is 0 Å². The van der Waals surface area contributed by atoms with Crippen LogP contribution in [-0.4, -0.2) is 43.0 Å². The minimum Gasteiger partial charge on any atom is -0.385 e. The largest absolute Gasteiger partial charge is 0.385 e. The second-order valence-corrected chi connectivity index (χ2v) is 5.26. The highest BCUT2D eigenvalue weighted by Gasteiger charge is 2.38. The molecule has 0 aliphatic carbocycles. The van der Waals surface area contributed by atoms with Crippen molar-refractivity contribution >= 4 is 11.8 Å². The van der Waals surface area contributed by atoms with Crippen LogP contribution in [0.1, 0.15) is 31.4 Å². The van der Waals surface area contributed by atoms with Gasteiger partial charge in [-0.15, -0.1) is 0 Å². The molecule has 1 aliphatic rings. The highest BCUT2D eigenvalue weighted by atomic mass is 16.5. The molecule has 1 saturated heterocycles. The van der Waals surface area contributed by atoms with Gasteiger partial charge in [-0.25, -0.2) is 0 Å². The molecule has 2 amide bonds. The predicted octanol–water partition coefficient (Wildman–Crippen LogP) is 1.50. The third-order valence-corrected chi connectivity index (χ3v) is 3.79. The molecular formula is C16H22N2O3. The lowest BCUT2D eigenvalue weighted by Gasteiger charge is -2.37. The summed E-state index contributed by atoms with van der Waals surface area (Å²) in [6.45, 7) is 3.02. The third kappa shape index (κ3) is 3.61. The number of unbranched alkanes of at least 4 members (excludes halogenated alkanes) is 1. The van der Waals surface area contributed by atoms with Crippen LogP contribution in [0.15, 0.2) is 30.3 Å². The summed E-state index contributed by atoms with van der Waals surface area (Å²) >= 11 is 0. The third-order valence-electron chi connectivity index (χ3n) is 3.79. The standard InChI is InChI=1S/C16H22N2O3/c1-12-15(19)17-14(13-8-4-3-5-9-13)16(20)18(12)10-6-7-11-21-2/h3-5,8-9,12,14H,6-7,10-11H2,1-2H3,(H,17,19). The molecule has 1 N–H and O–H groups in total. The van der Waals surface area contributed by atoms with E-state index in [0.717, 1.165) is 18.4 Å². The minimum absolute atomic E-state index is 0.0364. The Kier molecular flexibility index (Phi) is 5.33. The molecule has 5 heteroatoms. The van der Waals surface area contributed by atoms with Gasteiger partial charge in [-0.2, -0.15) is 0 Å². The lowest BCUT2D eigenvalue weighted by Crippen LogP contribution is -2.58. The highest BCUT2D eigenvalue weighted by Crippen LogP contribution is 2.22. The van der Waals surface area contributed by atoms with Crippen molar-refractivity contribution in [2.75, 3.05) is 20.3 Å². The predicted molar refractivity (Wildman–Crippen MR) is 79.6 cm³/mol. The summed E-state index contributed by atoms with van der Waals surface area (Å²) in [7, 11) is 1.66. The van der Waals surface area contributed by atoms with Gasteiger partial charge in [0.2, 0.25) is 11.8 Å². The van der Waals surface area contributed by atoms with E-state index in [0.29, 0.717) is 13.2 Å². The van der Waals surface area contributed by atoms with Gasteiger partial charge in [0, 0.05) is 20.3 Å². The van der Waals surface area contributed by atoms with Crippen molar-refractivity contribution in [2.45, 2.75) is 31.8 Å². The fraction of sp³-hybridized carbons (Fsp3) is 0.500. The number of carbonyl (C=O) groups excluding carboxylic acids is 2. The smallest absolute Gasteiger partial charge is 0.250 e. The highest BCUT2D eigenvalue weighted by molar-refractivity contribution is 5.97. The Bertz CT molecular complexity index is 490. The Labute approximate surface area is 125 Å². The molecule has 0 radical (unpaired) electrons. The molecule has 1 heterocycles. The summed E-state index contributed by atoms with van der Waals surface area (Å²) in [5, 5.41) is 2.81. The number of hydrogen-bond acceptors (Lipinski definition) is 3. The zero-order valence-corrected chi connectivity index (χ0v) is 12.5. The quantitative estimate of drug-likeness (QED) is 0.808. The topological polar surface area (TPSA) is 58.6 Å². The summed E-state index contributed by atoms with van der Waals surface area (Å²) in [4.78, 5) is 26.4. The van der Waals surface area contributed by atoms with Gasteiger partial charge in [-0.05, 0) is 25.3 Å². The molecule has 0 saturated carbocycles. The maximum Gasteiger partial charge on any atom is 0.250 e. The van der Waals surface area contributed by atoms with Crippen LogP contribution in [0.25, 0.3) is 0 Å². The van der Waals surface area contributed by atoms with E-state index in [-0.39, 0.29) is 11.8 Å². The maximum atomic E-state index is 12.6. The van der Waals surface area contributed by atoms with Crippen molar-refractivity contribution in [3.63, 3.8) is 0 Å². The van der Waals surface area contributed by atoms with Crippen molar-refractivity contribution in [2.24, 2.45) is 0 Å². The van der Waals surface area contributed by atoms with Gasteiger partial charge >= 0.3 is 0 Å². The van der Waals surface area contributed by atoms with Crippen LogP contribution in [0.2, 0.25) is 0 Å². The van der Waals surface area contributed by atoms with Crippen molar-refractivity contribution in [1.82, 2.24) is 10.2 Å². The molecule has 114 valence electrons. The number of methoxy groups -OCH3 is 1. The number of amides is 2. The van der Waals surface area contributed by atoms with Crippen molar-refractivity contribution < 1.29 is 14.3 Å². The van der Waals surface area contributed by atoms with E-state index in [1.54, 1.807) is 18.9 Å². The number of nitrogens with one attached hydrogen (secondary N) is 1. The molecule has 1 aliphatic heterocycles. The lowest BCUT2D eigenvalue weighted by atomic mass is 10.0. The molecule has 2 rings (SSSR count). The Morgan fingerprint density at radius 2 is 1.90 bits per heavy atom. The van der Waals surface area contributed by atoms with Gasteiger partial charge in [-0.1, -0.05) is 30.3 Å². The molecule has 0 aromatic heterocycles. The first kappa shape index (κ1) is 15.5. The number of carbonyl (C=O) groups is 2. The van der Waals surface area contributed by atoms with Crippen molar-refractivity contribution in [3.8, 4) is 0 Å². The lowest BCUT2D eigenvalue weighted by molar-refractivity contribution is -0.148. The first-order valence-electron chi connectivity index (χ1n) is 7.30. The molecule has 0 spiro atoms. The summed E-state index contributed by atoms with van der Waals surface area (Å²) in [6, 6.07) is 8.37. The van der Waals surface area contributed by atoms with Crippen LogP contribution in [0.4, 0.5) is 0 Å². The van der Waals surface area contributed by atoms with Gasteiger partial charge in [-0.3, -0.25) is 9.59 Å². The SMILES string of the molecule is COCCCCN1C(=O)C(c2ccccc2)NC(=O)C1C. The second-order valence-electron chi connectivity index (χ2n) is 5.26. The molecule has 0 bridgehead atoms. The summed E-state index contributed by atoms with van der Waals surface area (Å²) in [6.07, 6.45) is 1.71. The fourth-order valence-electron chi connectivity index (χ4n) is 2.53. The van der Waals surface area contributed by atoms with E-state index in [9.17, 15) is 9.59 Å². The van der Waals surface area contributed by atoms with E-state index < -0.39 is 12.1 Å². The average molecular weight is 290 g/mol. The molecule has 2 atom stereocenters. The molecule has 2 unspecified atom stereocenters. The zero-order valence-electron chi connectivity index (χ0n) is 12.5. The van der Waals surface area contributed by atoms with Gasteiger partial charge < -0.3 is 15.0 Å². The minimum atomic E-state index is -0.572. The Morgan fingerprint density at radius 3 is 2.57 bits per heavy atom. The molecular weight excluding hydrogens is 268 g/mol. The van der Waals surface area contributed by atoms with E-state index in [2.05, 4.69) is 5.32 Å². The Morgan fingerprint density at radius 1 is 1.19 bits per heavy atom. The number of ether oxygens (including phenoxy) is 1. The van der Waals surface area contributed by atoms with Gasteiger partial charge in [0.15, 0.2) is 0 Å². The van der Waals surface area contributed by atoms with Crippen LogP contribution < -0.4 is 5.32 Å². The summed E-state index contributed by atoms with van der Waals surface area (Å²) in [5.41, 5.74) is 0.824. The van der Waals surface area contributed by atoms with Crippen LogP contribution in [0.3, 0.4) is 0 Å². The van der Waals surface area contributed by atoms with E-state index in [4.69, 9.17) is 4.74 Å². The fourth-order valence-corrected chi connectivity index (χ4v) is 2.53. The Hall–Kier alpha value is -1.88. The normalized spacial score (nSPS) is 22.3. The van der Waals surface area contributed by atoms with E-state index in [1.165, 1.54) is 0 Å². The first-order chi connectivity index (χ1) is 10.1. The zero-order chi connectivity index (χ0) is 15.2. The number of benzene rings is 1. The summed E-state index contributed by atoms with van der Waals surface area (Å²) in [5.74, 6) is -0.138. The molecule has 21 heavy (non-hydrogen) atoms. The molecule has 1 aromatic rings. The number of piperazine rings is 1. The first-order valence-corrected chi connectivity index (χ1v) is 7.30. The second kappa shape index (κ2) is 7.22. The van der Waals surface area contributed by atoms with Gasteiger partial charge in [0.1, 0.15) is 12.1 Å². The van der Waals surface area contributed by atoms with Crippen LogP contribution in [0, 0.1) is 0 Å². The Balaban J connectivity index is 2.08. The van der Waals surface area contributed by atoms with Crippen LogP contribution in [0.5, 0.6) is 0 Å². The number of hydrogen-bond donors (Lipinski definition) is 1. The monoisotopic (exact) mass is 290 g/mol. The average Bonchev–Trinajstić information content (AvgIpc) is 2.51. The maximum absolute atomic E-state index is 12.6. The van der Waals surface area contributed by atoms with Crippen molar-refractivity contribution in [1.29, 1.82) is 0 Å². The summed E-state index contributed by atoms with van der Waals surface area (Å²) < 4.78 is 5.01. The van der Waals surface area contributed by atoms with E-state index in [1.807, 2.05) is 30.3 Å². The van der Waals surface area contributed by atoms with Gasteiger partial charge in [0.25, 0.3) is 0 Å². The number of rotatable bonds is 6.